The molecule has 25 heavy (non-hydrogen) atoms. The zero-order chi connectivity index (χ0) is 17.7. The van der Waals surface area contributed by atoms with Gasteiger partial charge >= 0.3 is 0 Å². The molecule has 0 saturated heterocycles. The Balaban J connectivity index is 1.50. The summed E-state index contributed by atoms with van der Waals surface area (Å²) in [7, 11) is 0. The lowest BCUT2D eigenvalue weighted by Crippen LogP contribution is -2.51. The topological polar surface area (TPSA) is 58.6 Å². The summed E-state index contributed by atoms with van der Waals surface area (Å²) in [6, 6.07) is 17.2. The van der Waals surface area contributed by atoms with Crippen LogP contribution in [0.5, 0.6) is 5.75 Å². The highest BCUT2D eigenvalue weighted by atomic mass is 16.5. The van der Waals surface area contributed by atoms with Crippen LogP contribution in [0.15, 0.2) is 54.6 Å². The van der Waals surface area contributed by atoms with Crippen molar-refractivity contribution in [2.45, 2.75) is 50.9 Å². The molecule has 132 valence electrons. The van der Waals surface area contributed by atoms with E-state index in [4.69, 9.17) is 4.74 Å². The third-order valence-corrected chi connectivity index (χ3v) is 4.79. The Morgan fingerprint density at radius 1 is 1.16 bits per heavy atom. The Kier molecular flexibility index (Phi) is 5.39. The molecule has 2 N–H and O–H groups in total. The number of amides is 1. The Morgan fingerprint density at radius 3 is 2.44 bits per heavy atom. The molecule has 0 aliphatic heterocycles. The highest BCUT2D eigenvalue weighted by molar-refractivity contribution is 5.77. The number of benzene rings is 2. The fourth-order valence-corrected chi connectivity index (χ4v) is 3.04. The van der Waals surface area contributed by atoms with Crippen molar-refractivity contribution in [2.24, 2.45) is 0 Å². The first-order valence-corrected chi connectivity index (χ1v) is 8.80. The summed E-state index contributed by atoms with van der Waals surface area (Å²) in [5.74, 6) is 0.644. The van der Waals surface area contributed by atoms with Gasteiger partial charge in [-0.25, -0.2) is 0 Å². The van der Waals surface area contributed by atoms with Crippen LogP contribution in [0, 0.1) is 0 Å². The first-order valence-electron chi connectivity index (χ1n) is 8.80. The van der Waals surface area contributed by atoms with Crippen LogP contribution in [-0.4, -0.2) is 16.6 Å². The number of hydrogen-bond acceptors (Lipinski definition) is 3. The van der Waals surface area contributed by atoms with E-state index in [0.717, 1.165) is 36.1 Å². The van der Waals surface area contributed by atoms with Gasteiger partial charge in [-0.05, 0) is 49.4 Å². The number of aliphatic hydroxyl groups is 1. The van der Waals surface area contributed by atoms with Gasteiger partial charge in [0.25, 0.3) is 0 Å². The molecule has 1 aliphatic carbocycles. The maximum Gasteiger partial charge on any atom is 0.223 e. The van der Waals surface area contributed by atoms with E-state index in [-0.39, 0.29) is 17.9 Å². The van der Waals surface area contributed by atoms with Crippen LogP contribution < -0.4 is 10.1 Å². The number of rotatable bonds is 7. The van der Waals surface area contributed by atoms with Crippen molar-refractivity contribution in [1.29, 1.82) is 0 Å². The van der Waals surface area contributed by atoms with E-state index in [0.29, 0.717) is 6.61 Å². The van der Waals surface area contributed by atoms with Crippen LogP contribution in [0.1, 0.15) is 49.8 Å². The van der Waals surface area contributed by atoms with E-state index in [1.807, 2.05) is 54.6 Å². The molecule has 0 aromatic heterocycles. The van der Waals surface area contributed by atoms with E-state index in [1.54, 1.807) is 0 Å². The Hall–Kier alpha value is -2.33. The first-order chi connectivity index (χ1) is 12.0. The van der Waals surface area contributed by atoms with Gasteiger partial charge < -0.3 is 15.2 Å². The third kappa shape index (κ3) is 4.83. The number of hydrogen-bond donors (Lipinski definition) is 2. The van der Waals surface area contributed by atoms with E-state index in [9.17, 15) is 9.90 Å². The van der Waals surface area contributed by atoms with Gasteiger partial charge in [-0.3, -0.25) is 4.79 Å². The predicted octanol–water partition coefficient (Wildman–Crippen LogP) is 3.75. The van der Waals surface area contributed by atoms with Crippen molar-refractivity contribution >= 4 is 5.91 Å². The molecule has 3 rings (SSSR count). The van der Waals surface area contributed by atoms with Gasteiger partial charge in [0, 0.05) is 5.54 Å². The number of nitrogens with one attached hydrogen (secondary N) is 1. The average molecular weight is 339 g/mol. The summed E-state index contributed by atoms with van der Waals surface area (Å²) < 4.78 is 5.73. The van der Waals surface area contributed by atoms with Crippen LogP contribution >= 0.6 is 0 Å². The molecule has 4 nitrogen and oxygen atoms in total. The minimum atomic E-state index is -0.799. The smallest absolute Gasteiger partial charge is 0.223 e. The highest BCUT2D eigenvalue weighted by Crippen LogP contribution is 2.31. The molecule has 0 bridgehead atoms. The number of carbonyl (C=O) groups is 1. The Bertz CT molecular complexity index is 693. The van der Waals surface area contributed by atoms with Gasteiger partial charge in [-0.1, -0.05) is 42.5 Å². The second-order valence-electron chi connectivity index (χ2n) is 7.03. The lowest BCUT2D eigenvalue weighted by Gasteiger charge is -2.39. The normalized spacial score (nSPS) is 16.6. The van der Waals surface area contributed by atoms with Crippen molar-refractivity contribution in [3.8, 4) is 5.75 Å². The van der Waals surface area contributed by atoms with Crippen LogP contribution in [0.2, 0.25) is 0 Å². The molecule has 1 atom stereocenters. The molecular weight excluding hydrogens is 314 g/mol. The van der Waals surface area contributed by atoms with Crippen molar-refractivity contribution in [3.05, 3.63) is 65.7 Å². The summed E-state index contributed by atoms with van der Waals surface area (Å²) in [6.07, 6.45) is 2.47. The third-order valence-electron chi connectivity index (χ3n) is 4.79. The second-order valence-corrected chi connectivity index (χ2v) is 7.03. The van der Waals surface area contributed by atoms with E-state index in [2.05, 4.69) is 12.2 Å². The standard InChI is InChI=1S/C21H25NO3/c1-21(12-5-13-21)22-20(24)14-19(23)17-8-10-18(11-9-17)25-15-16-6-3-2-4-7-16/h2-4,6-11,19,23H,5,12-15H2,1H3,(H,22,24). The molecule has 4 heteroatoms. The Morgan fingerprint density at radius 2 is 1.84 bits per heavy atom. The summed E-state index contributed by atoms with van der Waals surface area (Å²) in [5.41, 5.74) is 1.75. The van der Waals surface area contributed by atoms with E-state index < -0.39 is 6.10 Å². The molecule has 1 amide bonds. The summed E-state index contributed by atoms with van der Waals surface area (Å²) in [4.78, 5) is 12.1. The van der Waals surface area contributed by atoms with Crippen molar-refractivity contribution in [3.63, 3.8) is 0 Å². The van der Waals surface area contributed by atoms with Crippen LogP contribution in [0.4, 0.5) is 0 Å². The maximum atomic E-state index is 12.1. The fraction of sp³-hybridized carbons (Fsp3) is 0.381. The predicted molar refractivity (Wildman–Crippen MR) is 97.2 cm³/mol. The molecular formula is C21H25NO3. The zero-order valence-corrected chi connectivity index (χ0v) is 14.6. The average Bonchev–Trinajstić information content (AvgIpc) is 2.60. The summed E-state index contributed by atoms with van der Waals surface area (Å²) in [5, 5.41) is 13.3. The van der Waals surface area contributed by atoms with Gasteiger partial charge in [0.2, 0.25) is 5.91 Å². The highest BCUT2D eigenvalue weighted by Gasteiger charge is 2.33. The molecule has 0 heterocycles. The van der Waals surface area contributed by atoms with Gasteiger partial charge in [0.15, 0.2) is 0 Å². The van der Waals surface area contributed by atoms with Crippen molar-refractivity contribution in [2.75, 3.05) is 0 Å². The molecule has 1 saturated carbocycles. The van der Waals surface area contributed by atoms with Crippen LogP contribution in [0.25, 0.3) is 0 Å². The van der Waals surface area contributed by atoms with Gasteiger partial charge in [0.05, 0.1) is 12.5 Å². The molecule has 2 aromatic carbocycles. The Labute approximate surface area is 148 Å². The van der Waals surface area contributed by atoms with Crippen molar-refractivity contribution < 1.29 is 14.6 Å². The molecule has 1 fully saturated rings. The van der Waals surface area contributed by atoms with Crippen LogP contribution in [-0.2, 0) is 11.4 Å². The number of carbonyl (C=O) groups excluding carboxylic acids is 1. The molecule has 1 aliphatic rings. The monoisotopic (exact) mass is 339 g/mol. The molecule has 1 unspecified atom stereocenters. The molecule has 0 spiro atoms. The zero-order valence-electron chi connectivity index (χ0n) is 14.6. The lowest BCUT2D eigenvalue weighted by molar-refractivity contribution is -0.125. The lowest BCUT2D eigenvalue weighted by atomic mass is 9.78. The number of ether oxygens (including phenoxy) is 1. The first kappa shape index (κ1) is 17.5. The SMILES string of the molecule is CC1(NC(=O)CC(O)c2ccc(OCc3ccccc3)cc2)CCC1. The summed E-state index contributed by atoms with van der Waals surface area (Å²) >= 11 is 0. The van der Waals surface area contributed by atoms with E-state index >= 15 is 0 Å². The summed E-state index contributed by atoms with van der Waals surface area (Å²) in [6.45, 7) is 2.56. The van der Waals surface area contributed by atoms with Gasteiger partial charge in [0.1, 0.15) is 12.4 Å². The number of aliphatic hydroxyl groups excluding tert-OH is 1. The van der Waals surface area contributed by atoms with E-state index in [1.165, 1.54) is 0 Å². The van der Waals surface area contributed by atoms with Crippen LogP contribution in [0.3, 0.4) is 0 Å². The fourth-order valence-electron chi connectivity index (χ4n) is 3.04. The minimum Gasteiger partial charge on any atom is -0.489 e. The van der Waals surface area contributed by atoms with Gasteiger partial charge in [-0.15, -0.1) is 0 Å². The van der Waals surface area contributed by atoms with Crippen molar-refractivity contribution in [1.82, 2.24) is 5.32 Å². The second kappa shape index (κ2) is 7.70. The molecule has 2 aromatic rings. The minimum absolute atomic E-state index is 0.0774. The van der Waals surface area contributed by atoms with Gasteiger partial charge in [-0.2, -0.15) is 0 Å². The quantitative estimate of drug-likeness (QED) is 0.808. The largest absolute Gasteiger partial charge is 0.489 e. The molecule has 0 radical (unpaired) electrons. The maximum absolute atomic E-state index is 12.1.